The number of rotatable bonds is 12. The van der Waals surface area contributed by atoms with Crippen molar-refractivity contribution < 1.29 is 19.1 Å². The van der Waals surface area contributed by atoms with Gasteiger partial charge in [0.05, 0.1) is 0 Å². The Labute approximate surface area is 217 Å². The second kappa shape index (κ2) is 13.1. The number of ether oxygens (including phenoxy) is 1. The number of nitrogens with one attached hydrogen (secondary N) is 2. The zero-order chi connectivity index (χ0) is 27.0. The van der Waals surface area contributed by atoms with Gasteiger partial charge in [-0.2, -0.15) is 0 Å². The first-order valence-electron chi connectivity index (χ1n) is 13.6. The maximum Gasteiger partial charge on any atom is 0.408 e. The lowest BCUT2D eigenvalue weighted by Crippen LogP contribution is -2.55. The number of carbonyl (C=O) groups excluding carboxylic acids is 3. The predicted molar refractivity (Wildman–Crippen MR) is 144 cm³/mol. The number of carbonyl (C=O) groups is 3. The molecule has 0 saturated heterocycles. The van der Waals surface area contributed by atoms with E-state index >= 15 is 0 Å². The van der Waals surface area contributed by atoms with Crippen LogP contribution in [0.25, 0.3) is 0 Å². The summed E-state index contributed by atoms with van der Waals surface area (Å²) in [6, 6.07) is 6.31. The normalized spacial score (nSPS) is 18.8. The molecule has 1 fully saturated rings. The van der Waals surface area contributed by atoms with E-state index in [1.54, 1.807) is 25.7 Å². The Balaban J connectivity index is 2.42. The maximum absolute atomic E-state index is 14.1. The topological polar surface area (TPSA) is 87.7 Å². The summed E-state index contributed by atoms with van der Waals surface area (Å²) in [6.07, 6.45) is 4.08. The summed E-state index contributed by atoms with van der Waals surface area (Å²) in [6.45, 7) is 16.0. The van der Waals surface area contributed by atoms with Crippen LogP contribution < -0.4 is 10.6 Å². The fourth-order valence-electron chi connectivity index (χ4n) is 4.34. The van der Waals surface area contributed by atoms with Crippen molar-refractivity contribution >= 4 is 17.9 Å². The highest BCUT2D eigenvalue weighted by molar-refractivity contribution is 5.92. The Bertz CT molecular complexity index is 876. The molecule has 0 heterocycles. The van der Waals surface area contributed by atoms with Gasteiger partial charge in [-0.1, -0.05) is 71.7 Å². The molecule has 1 aliphatic rings. The lowest BCUT2D eigenvalue weighted by molar-refractivity contribution is -0.144. The van der Waals surface area contributed by atoms with E-state index in [0.717, 1.165) is 37.7 Å². The highest BCUT2D eigenvalue weighted by Gasteiger charge is 2.48. The molecule has 202 valence electrons. The Morgan fingerprint density at radius 1 is 1.08 bits per heavy atom. The van der Waals surface area contributed by atoms with Crippen molar-refractivity contribution in [2.24, 2.45) is 11.8 Å². The molecule has 0 spiro atoms. The molecule has 7 heteroatoms. The van der Waals surface area contributed by atoms with Gasteiger partial charge in [-0.25, -0.2) is 4.79 Å². The van der Waals surface area contributed by atoms with Crippen LogP contribution in [-0.2, 0) is 20.7 Å². The van der Waals surface area contributed by atoms with Gasteiger partial charge < -0.3 is 20.3 Å². The van der Waals surface area contributed by atoms with Gasteiger partial charge in [0.25, 0.3) is 0 Å². The van der Waals surface area contributed by atoms with E-state index in [2.05, 4.69) is 31.4 Å². The summed E-state index contributed by atoms with van der Waals surface area (Å²) in [7, 11) is 0. The minimum atomic E-state index is -0.807. The first-order chi connectivity index (χ1) is 16.9. The summed E-state index contributed by atoms with van der Waals surface area (Å²) in [5.41, 5.74) is 1.28. The van der Waals surface area contributed by atoms with Crippen LogP contribution in [0.2, 0.25) is 0 Å². The van der Waals surface area contributed by atoms with Gasteiger partial charge >= 0.3 is 6.09 Å². The molecule has 2 N–H and O–H groups in total. The summed E-state index contributed by atoms with van der Waals surface area (Å²) < 4.78 is 5.44. The molecule has 0 bridgehead atoms. The fourth-order valence-corrected chi connectivity index (χ4v) is 4.34. The molecule has 4 atom stereocenters. The second-order valence-corrected chi connectivity index (χ2v) is 11.4. The first kappa shape index (κ1) is 29.7. The van der Waals surface area contributed by atoms with Crippen LogP contribution in [0.1, 0.15) is 98.2 Å². The third-order valence-corrected chi connectivity index (χ3v) is 6.59. The van der Waals surface area contributed by atoms with Gasteiger partial charge in [0.1, 0.15) is 17.7 Å². The average molecular weight is 502 g/mol. The molecule has 1 aromatic carbocycles. The standard InChI is InChI=1S/C29H47N3O4/c1-9-11-12-17-30-26(33)25(22-15-13-21(10-2)14-16-22)32(23-18-20(23)5)27(34)24(19(3)4)31-28(35)36-29(6,7)8/h13-16,19-20,23-25H,9-12,17-18H2,1-8H3,(H,30,33)(H,31,35). The smallest absolute Gasteiger partial charge is 0.408 e. The van der Waals surface area contributed by atoms with Crippen molar-refractivity contribution in [2.45, 2.75) is 111 Å². The van der Waals surface area contributed by atoms with Gasteiger partial charge in [0.15, 0.2) is 0 Å². The zero-order valence-electron chi connectivity index (χ0n) is 23.5. The monoisotopic (exact) mass is 501 g/mol. The summed E-state index contributed by atoms with van der Waals surface area (Å²) >= 11 is 0. The van der Waals surface area contributed by atoms with E-state index in [9.17, 15) is 14.4 Å². The molecular weight excluding hydrogens is 454 g/mol. The van der Waals surface area contributed by atoms with Crippen LogP contribution in [0.15, 0.2) is 24.3 Å². The van der Waals surface area contributed by atoms with Gasteiger partial charge in [0.2, 0.25) is 11.8 Å². The summed E-state index contributed by atoms with van der Waals surface area (Å²) in [4.78, 5) is 42.1. The number of hydrogen-bond acceptors (Lipinski definition) is 4. The van der Waals surface area contributed by atoms with Gasteiger partial charge in [0, 0.05) is 12.6 Å². The van der Waals surface area contributed by atoms with Crippen molar-refractivity contribution in [1.82, 2.24) is 15.5 Å². The predicted octanol–water partition coefficient (Wildman–Crippen LogP) is 5.38. The van der Waals surface area contributed by atoms with Gasteiger partial charge in [-0.15, -0.1) is 0 Å². The van der Waals surface area contributed by atoms with Crippen LogP contribution in [-0.4, -0.2) is 47.0 Å². The minimum absolute atomic E-state index is 0.0589. The van der Waals surface area contributed by atoms with Crippen LogP contribution in [0.3, 0.4) is 0 Å². The minimum Gasteiger partial charge on any atom is -0.444 e. The number of hydrogen-bond donors (Lipinski definition) is 2. The molecule has 3 amide bonds. The molecular formula is C29H47N3O4. The van der Waals surface area contributed by atoms with Crippen molar-refractivity contribution in [1.29, 1.82) is 0 Å². The van der Waals surface area contributed by atoms with Crippen LogP contribution >= 0.6 is 0 Å². The summed E-state index contributed by atoms with van der Waals surface area (Å²) in [5.74, 6) is -0.327. The number of benzene rings is 1. The Morgan fingerprint density at radius 2 is 1.69 bits per heavy atom. The molecule has 0 radical (unpaired) electrons. The molecule has 0 aromatic heterocycles. The molecule has 4 unspecified atom stereocenters. The Kier molecular flexibility index (Phi) is 10.8. The highest BCUT2D eigenvalue weighted by atomic mass is 16.6. The van der Waals surface area contributed by atoms with E-state index in [1.807, 2.05) is 38.1 Å². The van der Waals surface area contributed by atoms with Crippen LogP contribution in [0, 0.1) is 11.8 Å². The van der Waals surface area contributed by atoms with Crippen LogP contribution in [0.5, 0.6) is 0 Å². The van der Waals surface area contributed by atoms with Crippen LogP contribution in [0.4, 0.5) is 4.79 Å². The van der Waals surface area contributed by atoms with E-state index in [1.165, 1.54) is 5.56 Å². The SMILES string of the molecule is CCCCCNC(=O)C(c1ccc(CC)cc1)N(C(=O)C(NC(=O)OC(C)(C)C)C(C)C)C1CC1C. The molecule has 1 aromatic rings. The van der Waals surface area contributed by atoms with E-state index < -0.39 is 23.8 Å². The van der Waals surface area contributed by atoms with Crippen molar-refractivity contribution in [3.8, 4) is 0 Å². The molecule has 1 saturated carbocycles. The second-order valence-electron chi connectivity index (χ2n) is 11.4. The third kappa shape index (κ3) is 8.52. The lowest BCUT2D eigenvalue weighted by Gasteiger charge is -2.36. The lowest BCUT2D eigenvalue weighted by atomic mass is 9.97. The van der Waals surface area contributed by atoms with E-state index in [4.69, 9.17) is 4.74 Å². The third-order valence-electron chi connectivity index (χ3n) is 6.59. The largest absolute Gasteiger partial charge is 0.444 e. The van der Waals surface area contributed by atoms with Gasteiger partial charge in [-0.3, -0.25) is 9.59 Å². The number of amides is 3. The molecule has 2 rings (SSSR count). The molecule has 7 nitrogen and oxygen atoms in total. The van der Waals surface area contributed by atoms with Crippen molar-refractivity contribution in [3.63, 3.8) is 0 Å². The Hall–Kier alpha value is -2.57. The Morgan fingerprint density at radius 3 is 2.17 bits per heavy atom. The highest BCUT2D eigenvalue weighted by Crippen LogP contribution is 2.41. The fraction of sp³-hybridized carbons (Fsp3) is 0.690. The first-order valence-corrected chi connectivity index (χ1v) is 13.6. The average Bonchev–Trinajstić information content (AvgIpc) is 3.52. The number of unbranched alkanes of at least 4 members (excludes halogenated alkanes) is 2. The quantitative estimate of drug-likeness (QED) is 0.376. The van der Waals surface area contributed by atoms with E-state index in [-0.39, 0.29) is 29.7 Å². The molecule has 0 aliphatic heterocycles. The van der Waals surface area contributed by atoms with Crippen molar-refractivity contribution in [2.75, 3.05) is 6.54 Å². The number of nitrogens with zero attached hydrogens (tertiary/aromatic N) is 1. The van der Waals surface area contributed by atoms with E-state index in [0.29, 0.717) is 6.54 Å². The zero-order valence-corrected chi connectivity index (χ0v) is 23.5. The maximum atomic E-state index is 14.1. The molecule has 1 aliphatic carbocycles. The number of alkyl carbamates (subject to hydrolysis) is 1. The van der Waals surface area contributed by atoms with Crippen molar-refractivity contribution in [3.05, 3.63) is 35.4 Å². The number of aryl methyl sites for hydroxylation is 1. The summed E-state index contributed by atoms with van der Waals surface area (Å²) in [5, 5.41) is 5.86. The van der Waals surface area contributed by atoms with Gasteiger partial charge in [-0.05, 0) is 63.0 Å². The molecule has 36 heavy (non-hydrogen) atoms.